The van der Waals surface area contributed by atoms with Crippen LogP contribution in [0.1, 0.15) is 61.3 Å². The van der Waals surface area contributed by atoms with E-state index >= 15 is 0 Å². The number of imidazole rings is 1. The van der Waals surface area contributed by atoms with Gasteiger partial charge in [0, 0.05) is 25.3 Å². The average molecular weight is 492 g/mol. The number of fused-ring (bicyclic) bond motifs is 1. The predicted molar refractivity (Wildman–Crippen MR) is 142 cm³/mol. The number of carbonyl (C=O) groups excluding carboxylic acids is 1. The molecule has 2 aromatic carbocycles. The molecule has 0 spiro atoms. The maximum atomic E-state index is 13.6. The molecule has 4 rings (SSSR count). The van der Waals surface area contributed by atoms with Crippen LogP contribution in [0.15, 0.2) is 48.5 Å². The second kappa shape index (κ2) is 12.9. The molecule has 0 amide bonds. The van der Waals surface area contributed by atoms with Crippen LogP contribution in [0.2, 0.25) is 0 Å². The molecule has 0 aliphatic rings. The van der Waals surface area contributed by atoms with Crippen LogP contribution < -0.4 is 5.32 Å². The smallest absolute Gasteiger partial charge is 0.196 e. The lowest BCUT2D eigenvalue weighted by atomic mass is 10.1. The maximum absolute atomic E-state index is 13.6. The third-order valence-corrected chi connectivity index (χ3v) is 5.87. The number of nitrogens with zero attached hydrogens (tertiary/aromatic N) is 4. The molecule has 0 atom stereocenters. The molecule has 4 aromatic rings. The number of hydrogen-bond donors (Lipinski definition) is 2. The van der Waals surface area contributed by atoms with E-state index in [9.17, 15) is 9.18 Å². The Hall–Kier alpha value is -3.65. The molecular formula is C28H34FN5O2. The lowest BCUT2D eigenvalue weighted by Crippen LogP contribution is -2.21. The molecule has 2 aromatic heterocycles. The maximum Gasteiger partial charge on any atom is 0.196 e. The van der Waals surface area contributed by atoms with Gasteiger partial charge in [0.1, 0.15) is 17.2 Å². The number of aliphatic hydroxyl groups excluding tert-OH is 1. The first-order chi connectivity index (χ1) is 17.5. The third-order valence-electron chi connectivity index (χ3n) is 5.87. The van der Waals surface area contributed by atoms with Crippen molar-refractivity contribution in [1.82, 2.24) is 19.5 Å². The molecule has 8 heteroatoms. The molecule has 2 heterocycles. The largest absolute Gasteiger partial charge is 0.400 e. The first-order valence-electron chi connectivity index (χ1n) is 12.3. The van der Waals surface area contributed by atoms with Gasteiger partial charge in [0.2, 0.25) is 0 Å². The van der Waals surface area contributed by atoms with E-state index in [-0.39, 0.29) is 17.7 Å². The van der Waals surface area contributed by atoms with E-state index in [4.69, 9.17) is 10.1 Å². The second-order valence-corrected chi connectivity index (χ2v) is 8.66. The molecule has 0 fully saturated rings. The number of hydrogen-bond acceptors (Lipinski definition) is 6. The zero-order chi connectivity index (χ0) is 26.1. The Kier molecular flexibility index (Phi) is 9.64. The van der Waals surface area contributed by atoms with Crippen molar-refractivity contribution < 1.29 is 14.3 Å². The van der Waals surface area contributed by atoms with E-state index in [1.165, 1.54) is 12.1 Å². The number of halogens is 1. The highest BCUT2D eigenvalue weighted by Crippen LogP contribution is 2.30. The Morgan fingerprint density at radius 2 is 1.72 bits per heavy atom. The summed E-state index contributed by atoms with van der Waals surface area (Å²) in [7, 11) is 1.00. The molecule has 0 unspecified atom stereocenters. The van der Waals surface area contributed by atoms with Crippen molar-refractivity contribution >= 4 is 23.3 Å². The number of benzene rings is 2. The Morgan fingerprint density at radius 1 is 1.03 bits per heavy atom. The van der Waals surface area contributed by atoms with Crippen molar-refractivity contribution in [3.8, 4) is 11.4 Å². The van der Waals surface area contributed by atoms with E-state index in [1.54, 1.807) is 12.1 Å². The van der Waals surface area contributed by atoms with Crippen LogP contribution in [-0.2, 0) is 6.54 Å². The first kappa shape index (κ1) is 26.9. The van der Waals surface area contributed by atoms with Crippen LogP contribution in [0.4, 0.5) is 10.2 Å². The highest BCUT2D eigenvalue weighted by Gasteiger charge is 2.21. The van der Waals surface area contributed by atoms with Crippen molar-refractivity contribution in [1.29, 1.82) is 0 Å². The van der Waals surface area contributed by atoms with Gasteiger partial charge in [-0.05, 0) is 43.5 Å². The van der Waals surface area contributed by atoms with Gasteiger partial charge in [0.25, 0.3) is 0 Å². The van der Waals surface area contributed by atoms with Crippen molar-refractivity contribution in [3.63, 3.8) is 0 Å². The molecule has 0 saturated heterocycles. The van der Waals surface area contributed by atoms with Gasteiger partial charge in [0.05, 0.1) is 0 Å². The van der Waals surface area contributed by atoms with Crippen LogP contribution in [-0.4, -0.2) is 44.1 Å². The Morgan fingerprint density at radius 3 is 2.33 bits per heavy atom. The normalized spacial score (nSPS) is 10.9. The summed E-state index contributed by atoms with van der Waals surface area (Å²) in [5, 5.41) is 10.6. The summed E-state index contributed by atoms with van der Waals surface area (Å²) in [5.74, 6) is 1.16. The average Bonchev–Trinajstić information content (AvgIpc) is 3.25. The SMILES string of the molecule is CCCC(CCC)Nc1nc(C=O)nc2nc(-c3cccc(C)c3)n(Cc3ccc(F)cc3)c12.CO. The fourth-order valence-electron chi connectivity index (χ4n) is 4.32. The lowest BCUT2D eigenvalue weighted by molar-refractivity contribution is 0.111. The zero-order valence-corrected chi connectivity index (χ0v) is 21.3. The quantitative estimate of drug-likeness (QED) is 0.273. The van der Waals surface area contributed by atoms with Crippen molar-refractivity contribution in [2.45, 2.75) is 59.0 Å². The van der Waals surface area contributed by atoms with Crippen molar-refractivity contribution in [2.75, 3.05) is 12.4 Å². The van der Waals surface area contributed by atoms with Gasteiger partial charge in [0.15, 0.2) is 23.6 Å². The summed E-state index contributed by atoms with van der Waals surface area (Å²) in [6, 6.07) is 14.8. The summed E-state index contributed by atoms with van der Waals surface area (Å²) < 4.78 is 15.6. The summed E-state index contributed by atoms with van der Waals surface area (Å²) in [6.07, 6.45) is 4.72. The number of aliphatic hydroxyl groups is 1. The Balaban J connectivity index is 0.00000176. The van der Waals surface area contributed by atoms with Crippen LogP contribution >= 0.6 is 0 Å². The molecule has 190 valence electrons. The molecule has 36 heavy (non-hydrogen) atoms. The van der Waals surface area contributed by atoms with Crippen molar-refractivity contribution in [3.05, 3.63) is 71.3 Å². The van der Waals surface area contributed by atoms with Crippen LogP contribution in [0.5, 0.6) is 0 Å². The standard InChI is InChI=1S/C27H30FN5O.CH4O/c1-4-7-22(8-5-2)29-25-24-26(31-23(17-34)30-25)32-27(20-10-6-9-18(3)15-20)33(24)16-19-11-13-21(28)14-12-19;1-2/h6,9-15,17,22H,4-5,7-8,16H2,1-3H3,(H,29,30,31);2H,1H3. The number of aromatic nitrogens is 4. The molecule has 2 N–H and O–H groups in total. The minimum Gasteiger partial charge on any atom is -0.400 e. The number of carbonyl (C=O) groups is 1. The number of nitrogens with one attached hydrogen (secondary N) is 1. The minimum absolute atomic E-state index is 0.101. The summed E-state index contributed by atoms with van der Waals surface area (Å²) in [4.78, 5) is 25.5. The molecule has 0 radical (unpaired) electrons. The second-order valence-electron chi connectivity index (χ2n) is 8.66. The van der Waals surface area contributed by atoms with Gasteiger partial charge in [-0.2, -0.15) is 0 Å². The number of rotatable bonds is 10. The number of aryl methyl sites for hydroxylation is 1. The summed E-state index contributed by atoms with van der Waals surface area (Å²) in [5.41, 5.74) is 4.19. The molecular weight excluding hydrogens is 457 g/mol. The van der Waals surface area contributed by atoms with Gasteiger partial charge in [-0.1, -0.05) is 62.6 Å². The Bertz CT molecular complexity index is 1280. The number of aldehydes is 1. The highest BCUT2D eigenvalue weighted by molar-refractivity contribution is 5.89. The van der Waals surface area contributed by atoms with Crippen molar-refractivity contribution in [2.24, 2.45) is 0 Å². The van der Waals surface area contributed by atoms with E-state index < -0.39 is 0 Å². The third kappa shape index (κ3) is 6.31. The monoisotopic (exact) mass is 491 g/mol. The Labute approximate surface area is 211 Å². The van der Waals surface area contributed by atoms with Gasteiger partial charge in [-0.25, -0.2) is 19.3 Å². The van der Waals surface area contributed by atoms with Crippen LogP contribution in [0.25, 0.3) is 22.6 Å². The van der Waals surface area contributed by atoms with E-state index in [0.717, 1.165) is 60.8 Å². The molecule has 0 saturated carbocycles. The predicted octanol–water partition coefficient (Wildman–Crippen LogP) is 5.79. The first-order valence-corrected chi connectivity index (χ1v) is 12.3. The number of anilines is 1. The van der Waals surface area contributed by atoms with E-state index in [1.807, 2.05) is 25.1 Å². The van der Waals surface area contributed by atoms with Crippen LogP contribution in [0, 0.1) is 12.7 Å². The fraction of sp³-hybridized carbons (Fsp3) is 0.357. The summed E-state index contributed by atoms with van der Waals surface area (Å²) >= 11 is 0. The minimum atomic E-state index is -0.276. The van der Waals surface area contributed by atoms with E-state index in [2.05, 4.69) is 39.8 Å². The molecule has 0 aliphatic heterocycles. The zero-order valence-electron chi connectivity index (χ0n) is 21.3. The summed E-state index contributed by atoms with van der Waals surface area (Å²) in [6.45, 7) is 6.81. The van der Waals surface area contributed by atoms with Gasteiger partial charge in [-0.3, -0.25) is 4.79 Å². The van der Waals surface area contributed by atoms with Crippen LogP contribution in [0.3, 0.4) is 0 Å². The fourth-order valence-corrected chi connectivity index (χ4v) is 4.32. The van der Waals surface area contributed by atoms with E-state index in [0.29, 0.717) is 24.3 Å². The van der Waals surface area contributed by atoms with Gasteiger partial charge in [-0.15, -0.1) is 0 Å². The van der Waals surface area contributed by atoms with Gasteiger partial charge < -0.3 is 15.0 Å². The lowest BCUT2D eigenvalue weighted by Gasteiger charge is -2.19. The molecule has 0 bridgehead atoms. The molecule has 0 aliphatic carbocycles. The topological polar surface area (TPSA) is 92.9 Å². The molecule has 7 nitrogen and oxygen atoms in total. The highest BCUT2D eigenvalue weighted by atomic mass is 19.1. The van der Waals surface area contributed by atoms with Gasteiger partial charge >= 0.3 is 0 Å².